The Morgan fingerprint density at radius 2 is 1.82 bits per heavy atom. The van der Waals surface area contributed by atoms with Crippen LogP contribution in [0.5, 0.6) is 5.75 Å². The summed E-state index contributed by atoms with van der Waals surface area (Å²) in [7, 11) is 5.89. The minimum absolute atomic E-state index is 0.323. The first-order valence-electron chi connectivity index (χ1n) is 6.12. The molecule has 0 saturated carbocycles. The van der Waals surface area contributed by atoms with Crippen LogP contribution in [-0.2, 0) is 13.0 Å². The molecule has 0 bridgehead atoms. The molecule has 0 aromatic heterocycles. The number of hydrogen-bond donors (Lipinski definition) is 0. The maximum Gasteiger partial charge on any atom is 0.123 e. The highest BCUT2D eigenvalue weighted by atomic mass is 16.5. The van der Waals surface area contributed by atoms with Crippen molar-refractivity contribution in [3.8, 4) is 5.75 Å². The summed E-state index contributed by atoms with van der Waals surface area (Å²) in [5.74, 6) is 0.983. The van der Waals surface area contributed by atoms with E-state index in [-0.39, 0.29) is 0 Å². The minimum atomic E-state index is 0.323. The number of rotatable bonds is 4. The van der Waals surface area contributed by atoms with E-state index in [0.29, 0.717) is 5.41 Å². The van der Waals surface area contributed by atoms with Gasteiger partial charge in [-0.05, 0) is 37.6 Å². The largest absolute Gasteiger partial charge is 0.496 e. The van der Waals surface area contributed by atoms with Crippen molar-refractivity contribution in [3.63, 3.8) is 0 Å². The smallest absolute Gasteiger partial charge is 0.123 e. The first kappa shape index (κ1) is 14.0. The lowest BCUT2D eigenvalue weighted by molar-refractivity contribution is 0.370. The average molecular weight is 235 g/mol. The van der Waals surface area contributed by atoms with Crippen LogP contribution in [0.2, 0.25) is 0 Å². The molecule has 2 nitrogen and oxygen atoms in total. The van der Waals surface area contributed by atoms with Crippen LogP contribution in [0.1, 0.15) is 31.9 Å². The first-order valence-corrected chi connectivity index (χ1v) is 6.12. The Bertz CT molecular complexity index is 364. The number of nitrogens with zero attached hydrogens (tertiary/aromatic N) is 1. The Balaban J connectivity index is 2.96. The zero-order chi connectivity index (χ0) is 13.1. The van der Waals surface area contributed by atoms with Crippen molar-refractivity contribution in [3.05, 3.63) is 29.3 Å². The van der Waals surface area contributed by atoms with Crippen molar-refractivity contribution >= 4 is 0 Å². The van der Waals surface area contributed by atoms with Gasteiger partial charge in [0.25, 0.3) is 0 Å². The third-order valence-electron chi connectivity index (χ3n) is 2.57. The molecule has 0 unspecified atom stereocenters. The maximum absolute atomic E-state index is 5.40. The molecule has 0 aliphatic carbocycles. The van der Waals surface area contributed by atoms with Gasteiger partial charge in [-0.25, -0.2) is 0 Å². The highest BCUT2D eigenvalue weighted by molar-refractivity contribution is 5.37. The lowest BCUT2D eigenvalue weighted by Crippen LogP contribution is -2.13. The molecule has 0 radical (unpaired) electrons. The fourth-order valence-corrected chi connectivity index (χ4v) is 2.02. The Labute approximate surface area is 106 Å². The summed E-state index contributed by atoms with van der Waals surface area (Å²) in [5, 5.41) is 0. The lowest BCUT2D eigenvalue weighted by atomic mass is 9.87. The van der Waals surface area contributed by atoms with E-state index in [0.717, 1.165) is 18.7 Å². The van der Waals surface area contributed by atoms with Crippen LogP contribution in [0, 0.1) is 5.41 Å². The van der Waals surface area contributed by atoms with Crippen LogP contribution < -0.4 is 4.74 Å². The van der Waals surface area contributed by atoms with Gasteiger partial charge in [-0.15, -0.1) is 0 Å². The molecule has 1 aromatic carbocycles. The molecule has 1 aromatic rings. The van der Waals surface area contributed by atoms with Crippen LogP contribution >= 0.6 is 0 Å². The minimum Gasteiger partial charge on any atom is -0.496 e. The molecule has 0 atom stereocenters. The normalized spacial score (nSPS) is 11.9. The monoisotopic (exact) mass is 235 g/mol. The van der Waals surface area contributed by atoms with Crippen molar-refractivity contribution < 1.29 is 4.74 Å². The van der Waals surface area contributed by atoms with Crippen LogP contribution in [0.15, 0.2) is 18.2 Å². The molecule has 0 aliphatic heterocycles. The molecule has 0 heterocycles. The third-order valence-corrected chi connectivity index (χ3v) is 2.57. The van der Waals surface area contributed by atoms with E-state index in [1.807, 2.05) is 0 Å². The van der Waals surface area contributed by atoms with Crippen molar-refractivity contribution in [2.45, 2.75) is 33.7 Å². The fraction of sp³-hybridized carbons (Fsp3) is 0.600. The molecule has 0 aliphatic rings. The summed E-state index contributed by atoms with van der Waals surface area (Å²) in [6.07, 6.45) is 1.09. The number of methoxy groups -OCH3 is 1. The molecule has 2 heteroatoms. The second-order valence-electron chi connectivity index (χ2n) is 6.12. The molecule has 0 saturated heterocycles. The van der Waals surface area contributed by atoms with Crippen molar-refractivity contribution in [2.75, 3.05) is 21.2 Å². The van der Waals surface area contributed by atoms with E-state index >= 15 is 0 Å². The van der Waals surface area contributed by atoms with E-state index in [1.165, 1.54) is 11.1 Å². The molecular formula is C15H25NO. The number of benzene rings is 1. The predicted molar refractivity (Wildman–Crippen MR) is 73.5 cm³/mol. The van der Waals surface area contributed by atoms with Gasteiger partial charge in [-0.3, -0.25) is 0 Å². The summed E-state index contributed by atoms with van der Waals surface area (Å²) in [6.45, 7) is 7.72. The van der Waals surface area contributed by atoms with Gasteiger partial charge in [-0.1, -0.05) is 32.9 Å². The van der Waals surface area contributed by atoms with E-state index in [4.69, 9.17) is 4.74 Å². The standard InChI is InChI=1S/C15H25NO/c1-15(2,3)10-12-7-8-14(17-6)13(9-12)11-16(4)5/h7-9H,10-11H2,1-6H3. The summed E-state index contributed by atoms with van der Waals surface area (Å²) in [5.41, 5.74) is 2.97. The van der Waals surface area contributed by atoms with Crippen molar-refractivity contribution in [2.24, 2.45) is 5.41 Å². The van der Waals surface area contributed by atoms with Gasteiger partial charge < -0.3 is 9.64 Å². The second kappa shape index (κ2) is 5.54. The van der Waals surface area contributed by atoms with Crippen LogP contribution in [0.25, 0.3) is 0 Å². The van der Waals surface area contributed by atoms with Gasteiger partial charge in [-0.2, -0.15) is 0 Å². The summed E-state index contributed by atoms with van der Waals surface area (Å²) < 4.78 is 5.40. The molecule has 1 rings (SSSR count). The first-order chi connectivity index (χ1) is 7.81. The Morgan fingerprint density at radius 1 is 1.18 bits per heavy atom. The van der Waals surface area contributed by atoms with Crippen molar-refractivity contribution in [1.29, 1.82) is 0 Å². The zero-order valence-electron chi connectivity index (χ0n) is 12.0. The number of ether oxygens (including phenoxy) is 1. The second-order valence-corrected chi connectivity index (χ2v) is 6.12. The van der Waals surface area contributed by atoms with Crippen LogP contribution in [0.4, 0.5) is 0 Å². The SMILES string of the molecule is COc1ccc(CC(C)(C)C)cc1CN(C)C. The van der Waals surface area contributed by atoms with E-state index < -0.39 is 0 Å². The molecule has 96 valence electrons. The van der Waals surface area contributed by atoms with Crippen LogP contribution in [0.3, 0.4) is 0 Å². The molecule has 0 fully saturated rings. The van der Waals surface area contributed by atoms with Gasteiger partial charge in [0, 0.05) is 12.1 Å². The summed E-state index contributed by atoms with van der Waals surface area (Å²) in [4.78, 5) is 2.17. The summed E-state index contributed by atoms with van der Waals surface area (Å²) in [6, 6.07) is 6.52. The molecule has 17 heavy (non-hydrogen) atoms. The van der Waals surface area contributed by atoms with E-state index in [2.05, 4.69) is 58.0 Å². The predicted octanol–water partition coefficient (Wildman–Crippen LogP) is 3.35. The quantitative estimate of drug-likeness (QED) is 0.793. The number of hydrogen-bond acceptors (Lipinski definition) is 2. The topological polar surface area (TPSA) is 12.5 Å². The van der Waals surface area contributed by atoms with E-state index in [9.17, 15) is 0 Å². The Morgan fingerprint density at radius 3 is 2.29 bits per heavy atom. The van der Waals surface area contributed by atoms with Crippen molar-refractivity contribution in [1.82, 2.24) is 4.90 Å². The lowest BCUT2D eigenvalue weighted by Gasteiger charge is -2.20. The average Bonchev–Trinajstić information content (AvgIpc) is 2.14. The van der Waals surface area contributed by atoms with Gasteiger partial charge in [0.05, 0.1) is 7.11 Å². The molecular weight excluding hydrogens is 210 g/mol. The molecule has 0 amide bonds. The fourth-order valence-electron chi connectivity index (χ4n) is 2.02. The van der Waals surface area contributed by atoms with Gasteiger partial charge in [0.2, 0.25) is 0 Å². The molecule has 0 spiro atoms. The van der Waals surface area contributed by atoms with Gasteiger partial charge >= 0.3 is 0 Å². The summed E-state index contributed by atoms with van der Waals surface area (Å²) >= 11 is 0. The highest BCUT2D eigenvalue weighted by Crippen LogP contribution is 2.26. The van der Waals surface area contributed by atoms with Gasteiger partial charge in [0.1, 0.15) is 5.75 Å². The zero-order valence-corrected chi connectivity index (χ0v) is 12.0. The van der Waals surface area contributed by atoms with Crippen LogP contribution in [-0.4, -0.2) is 26.1 Å². The third kappa shape index (κ3) is 4.78. The molecule has 0 N–H and O–H groups in total. The highest BCUT2D eigenvalue weighted by Gasteiger charge is 2.13. The van der Waals surface area contributed by atoms with Gasteiger partial charge in [0.15, 0.2) is 0 Å². The Kier molecular flexibility index (Phi) is 4.58. The van der Waals surface area contributed by atoms with E-state index in [1.54, 1.807) is 7.11 Å². The Hall–Kier alpha value is -1.02. The maximum atomic E-state index is 5.40.